The Bertz CT molecular complexity index is 539. The van der Waals surface area contributed by atoms with E-state index in [9.17, 15) is 28.6 Å². The van der Waals surface area contributed by atoms with Crippen LogP contribution in [0.5, 0.6) is 0 Å². The molecule has 1 heterocycles. The maximum absolute atomic E-state index is 12.6. The summed E-state index contributed by atoms with van der Waals surface area (Å²) in [5.41, 5.74) is -0.314. The Morgan fingerprint density at radius 3 is 2.45 bits per heavy atom. The molecule has 1 fully saturated rings. The van der Waals surface area contributed by atoms with Crippen LogP contribution in [0, 0.1) is 11.3 Å². The number of rotatable bonds is 3. The number of alkyl halides is 3. The molecule has 1 aromatic rings. The van der Waals surface area contributed by atoms with Crippen molar-refractivity contribution in [1.29, 1.82) is 5.26 Å². The van der Waals surface area contributed by atoms with Crippen molar-refractivity contribution in [2.75, 3.05) is 13.2 Å². The largest absolute Gasteiger partial charge is 0.416 e. The van der Waals surface area contributed by atoms with E-state index >= 15 is 0 Å². The quantitative estimate of drug-likeness (QED) is 0.896. The van der Waals surface area contributed by atoms with Gasteiger partial charge in [0.2, 0.25) is 0 Å². The first-order valence-corrected chi connectivity index (χ1v) is 6.98. The van der Waals surface area contributed by atoms with Crippen molar-refractivity contribution in [3.8, 4) is 6.07 Å². The van der Waals surface area contributed by atoms with Gasteiger partial charge in [0.25, 0.3) is 0 Å². The van der Waals surface area contributed by atoms with Crippen LogP contribution in [0.15, 0.2) is 24.3 Å². The Hall–Kier alpha value is -1.62. The maximum atomic E-state index is 12.6. The second kappa shape index (κ2) is 6.65. The first-order chi connectivity index (χ1) is 10.4. The summed E-state index contributed by atoms with van der Waals surface area (Å²) < 4.78 is 37.7. The Labute approximate surface area is 126 Å². The van der Waals surface area contributed by atoms with Crippen LogP contribution in [0.3, 0.4) is 0 Å². The smallest absolute Gasteiger partial charge is 0.395 e. The highest BCUT2D eigenvalue weighted by atomic mass is 19.4. The van der Waals surface area contributed by atoms with Gasteiger partial charge in [-0.25, -0.2) is 0 Å². The highest BCUT2D eigenvalue weighted by Gasteiger charge is 2.34. The van der Waals surface area contributed by atoms with Gasteiger partial charge in [0, 0.05) is 12.6 Å². The van der Waals surface area contributed by atoms with E-state index in [-0.39, 0.29) is 12.6 Å². The van der Waals surface area contributed by atoms with Crippen molar-refractivity contribution in [2.24, 2.45) is 0 Å². The summed E-state index contributed by atoms with van der Waals surface area (Å²) in [5.74, 6) is 0. The van der Waals surface area contributed by atoms with E-state index in [0.29, 0.717) is 24.9 Å². The number of nitrogens with zero attached hydrogens (tertiary/aromatic N) is 2. The number of aliphatic hydroxyl groups excluding tert-OH is 2. The summed E-state index contributed by atoms with van der Waals surface area (Å²) in [6.45, 7) is 0.196. The summed E-state index contributed by atoms with van der Waals surface area (Å²) in [6, 6.07) is 5.43. The first kappa shape index (κ1) is 16.7. The zero-order chi connectivity index (χ0) is 16.3. The molecule has 3 unspecified atom stereocenters. The highest BCUT2D eigenvalue weighted by Crippen LogP contribution is 2.32. The minimum absolute atomic E-state index is 0.212. The Morgan fingerprint density at radius 2 is 1.95 bits per heavy atom. The van der Waals surface area contributed by atoms with Crippen LogP contribution in [0.2, 0.25) is 0 Å². The van der Waals surface area contributed by atoms with E-state index in [0.717, 1.165) is 12.1 Å². The van der Waals surface area contributed by atoms with Crippen LogP contribution in [-0.2, 0) is 6.18 Å². The second-order valence-corrected chi connectivity index (χ2v) is 5.40. The number of hydrogen-bond donors (Lipinski definition) is 2. The summed E-state index contributed by atoms with van der Waals surface area (Å²) >= 11 is 0. The first-order valence-electron chi connectivity index (χ1n) is 6.98. The second-order valence-electron chi connectivity index (χ2n) is 5.40. The Kier molecular flexibility index (Phi) is 5.06. The van der Waals surface area contributed by atoms with E-state index < -0.39 is 23.9 Å². The number of aliphatic hydroxyl groups is 2. The molecule has 2 N–H and O–H groups in total. The molecule has 0 amide bonds. The van der Waals surface area contributed by atoms with E-state index in [4.69, 9.17) is 0 Å². The third-order valence-electron chi connectivity index (χ3n) is 3.95. The van der Waals surface area contributed by atoms with Crippen molar-refractivity contribution in [1.82, 2.24) is 4.90 Å². The summed E-state index contributed by atoms with van der Waals surface area (Å²) in [4.78, 5) is 1.73. The van der Waals surface area contributed by atoms with Crippen LogP contribution in [-0.4, -0.2) is 40.4 Å². The molecule has 1 saturated heterocycles. The molecule has 120 valence electrons. The van der Waals surface area contributed by atoms with Crippen molar-refractivity contribution < 1.29 is 23.4 Å². The Balaban J connectivity index is 2.23. The van der Waals surface area contributed by atoms with E-state index in [1.54, 1.807) is 4.90 Å². The summed E-state index contributed by atoms with van der Waals surface area (Å²) in [5, 5.41) is 28.4. The van der Waals surface area contributed by atoms with Gasteiger partial charge in [-0.05, 0) is 30.5 Å². The minimum atomic E-state index is -4.41. The molecule has 22 heavy (non-hydrogen) atoms. The number of hydrogen-bond acceptors (Lipinski definition) is 4. The third-order valence-corrected chi connectivity index (χ3v) is 3.95. The van der Waals surface area contributed by atoms with Gasteiger partial charge in [0.15, 0.2) is 0 Å². The molecule has 1 aliphatic heterocycles. The average molecular weight is 314 g/mol. The highest BCUT2D eigenvalue weighted by molar-refractivity contribution is 5.30. The van der Waals surface area contributed by atoms with Crippen LogP contribution in [0.25, 0.3) is 0 Å². The molecule has 0 bridgehead atoms. The molecule has 0 spiro atoms. The van der Waals surface area contributed by atoms with E-state index in [1.807, 2.05) is 0 Å². The average Bonchev–Trinajstić information content (AvgIpc) is 2.49. The lowest BCUT2D eigenvalue weighted by atomic mass is 9.95. The van der Waals surface area contributed by atoms with Crippen molar-refractivity contribution in [3.05, 3.63) is 35.4 Å². The topological polar surface area (TPSA) is 67.5 Å². The van der Waals surface area contributed by atoms with Gasteiger partial charge in [0.05, 0.1) is 24.3 Å². The molecule has 1 aliphatic rings. The standard InChI is InChI=1S/C15H17F3N2O2/c16-15(17,18)11-3-1-10(2-4-11)14(8-19)20-6-5-13(22)7-12(20)9-21/h1-4,12-14,21-22H,5-7,9H2. The lowest BCUT2D eigenvalue weighted by molar-refractivity contribution is -0.137. The molecule has 0 aromatic heterocycles. The van der Waals surface area contributed by atoms with Crippen LogP contribution >= 0.6 is 0 Å². The van der Waals surface area contributed by atoms with Gasteiger partial charge in [-0.15, -0.1) is 0 Å². The van der Waals surface area contributed by atoms with Gasteiger partial charge in [0.1, 0.15) is 6.04 Å². The number of halogens is 3. The fourth-order valence-electron chi connectivity index (χ4n) is 2.76. The molecule has 0 saturated carbocycles. The molecular weight excluding hydrogens is 297 g/mol. The predicted molar refractivity (Wildman–Crippen MR) is 72.6 cm³/mol. The lowest BCUT2D eigenvalue weighted by Gasteiger charge is -2.39. The summed E-state index contributed by atoms with van der Waals surface area (Å²) in [7, 11) is 0. The van der Waals surface area contributed by atoms with E-state index in [1.165, 1.54) is 12.1 Å². The van der Waals surface area contributed by atoms with Gasteiger partial charge in [-0.1, -0.05) is 12.1 Å². The van der Waals surface area contributed by atoms with Crippen LogP contribution < -0.4 is 0 Å². The van der Waals surface area contributed by atoms with Crippen LogP contribution in [0.1, 0.15) is 30.0 Å². The number of piperidine rings is 1. The molecular formula is C15H17F3N2O2. The number of benzene rings is 1. The molecule has 3 atom stereocenters. The monoisotopic (exact) mass is 314 g/mol. The van der Waals surface area contributed by atoms with Gasteiger partial charge >= 0.3 is 6.18 Å². The molecule has 1 aromatic carbocycles. The number of likely N-dealkylation sites (tertiary alicyclic amines) is 1. The normalized spacial score (nSPS) is 24.7. The minimum Gasteiger partial charge on any atom is -0.395 e. The van der Waals surface area contributed by atoms with E-state index in [2.05, 4.69) is 6.07 Å². The zero-order valence-corrected chi connectivity index (χ0v) is 11.8. The van der Waals surface area contributed by atoms with Gasteiger partial charge in [-0.3, -0.25) is 4.90 Å². The fourth-order valence-corrected chi connectivity index (χ4v) is 2.76. The van der Waals surface area contributed by atoms with Crippen molar-refractivity contribution in [2.45, 2.75) is 37.2 Å². The zero-order valence-electron chi connectivity index (χ0n) is 11.8. The van der Waals surface area contributed by atoms with Crippen LogP contribution in [0.4, 0.5) is 13.2 Å². The van der Waals surface area contributed by atoms with Crippen molar-refractivity contribution >= 4 is 0 Å². The maximum Gasteiger partial charge on any atom is 0.416 e. The molecule has 7 heteroatoms. The fraction of sp³-hybridized carbons (Fsp3) is 0.533. The van der Waals surface area contributed by atoms with Gasteiger partial charge < -0.3 is 10.2 Å². The third kappa shape index (κ3) is 3.58. The van der Waals surface area contributed by atoms with Gasteiger partial charge in [-0.2, -0.15) is 18.4 Å². The molecule has 2 rings (SSSR count). The lowest BCUT2D eigenvalue weighted by Crippen LogP contribution is -2.47. The SMILES string of the molecule is N#CC(c1ccc(C(F)(F)F)cc1)N1CCC(O)CC1CO. The molecule has 4 nitrogen and oxygen atoms in total. The predicted octanol–water partition coefficient (Wildman–Crippen LogP) is 2.09. The molecule has 0 aliphatic carbocycles. The number of nitriles is 1. The summed E-state index contributed by atoms with van der Waals surface area (Å²) in [6.07, 6.45) is -4.13. The molecule has 0 radical (unpaired) electrons. The van der Waals surface area contributed by atoms with Crippen molar-refractivity contribution in [3.63, 3.8) is 0 Å². The Morgan fingerprint density at radius 1 is 1.32 bits per heavy atom.